The van der Waals surface area contributed by atoms with Crippen LogP contribution in [0, 0.1) is 0 Å². The summed E-state index contributed by atoms with van der Waals surface area (Å²) in [5.74, 6) is 1.57. The van der Waals surface area contributed by atoms with E-state index in [1.54, 1.807) is 0 Å². The van der Waals surface area contributed by atoms with Crippen molar-refractivity contribution in [2.45, 2.75) is 37.5 Å². The van der Waals surface area contributed by atoms with Gasteiger partial charge in [-0.15, -0.1) is 21.8 Å². The molecule has 0 saturated heterocycles. The highest BCUT2D eigenvalue weighted by molar-refractivity contribution is 7.16. The Morgan fingerprint density at radius 1 is 1.47 bits per heavy atom. The Labute approximate surface area is 96.3 Å². The molecule has 0 N–H and O–H groups in total. The summed E-state index contributed by atoms with van der Waals surface area (Å²) in [4.78, 5) is 0.861. The molecule has 1 atom stereocenters. The molecule has 3 rings (SSSR count). The van der Waals surface area contributed by atoms with E-state index in [0.29, 0.717) is 5.92 Å². The minimum Gasteiger partial charge on any atom is -0.187 e. The molecule has 0 amide bonds. The number of aromatic nitrogens is 4. The molecule has 80 valence electrons. The second kappa shape index (κ2) is 3.42. The molecule has 0 bridgehead atoms. The molecule has 6 heteroatoms. The standard InChI is InChI=1S/C9H11ClN4S/c1-5(10)8-13-14-7(6-3-2-4-6)11-12-9(14)15-8/h5-6H,2-4H2,1H3. The highest BCUT2D eigenvalue weighted by Gasteiger charge is 2.26. The van der Waals surface area contributed by atoms with Crippen molar-refractivity contribution in [2.24, 2.45) is 0 Å². The first-order valence-electron chi connectivity index (χ1n) is 5.12. The zero-order valence-electron chi connectivity index (χ0n) is 8.35. The lowest BCUT2D eigenvalue weighted by molar-refractivity contribution is 0.395. The van der Waals surface area contributed by atoms with Crippen molar-refractivity contribution in [1.82, 2.24) is 19.8 Å². The zero-order chi connectivity index (χ0) is 10.4. The monoisotopic (exact) mass is 242 g/mol. The summed E-state index contributed by atoms with van der Waals surface area (Å²) in [6, 6.07) is 0. The summed E-state index contributed by atoms with van der Waals surface area (Å²) >= 11 is 7.52. The van der Waals surface area contributed by atoms with Crippen LogP contribution in [0.3, 0.4) is 0 Å². The summed E-state index contributed by atoms with van der Waals surface area (Å²) in [7, 11) is 0. The highest BCUT2D eigenvalue weighted by Crippen LogP contribution is 2.36. The summed E-state index contributed by atoms with van der Waals surface area (Å²) in [5, 5.41) is 13.7. The average Bonchev–Trinajstić information content (AvgIpc) is 2.63. The van der Waals surface area contributed by atoms with Crippen molar-refractivity contribution < 1.29 is 0 Å². The molecule has 0 spiro atoms. The number of hydrogen-bond acceptors (Lipinski definition) is 4. The van der Waals surface area contributed by atoms with Gasteiger partial charge in [-0.05, 0) is 19.8 Å². The number of halogens is 1. The van der Waals surface area contributed by atoms with Crippen LogP contribution in [0.15, 0.2) is 0 Å². The third kappa shape index (κ3) is 1.45. The molecule has 2 aromatic heterocycles. The van der Waals surface area contributed by atoms with Crippen molar-refractivity contribution in [1.29, 1.82) is 0 Å². The predicted molar refractivity (Wildman–Crippen MR) is 59.5 cm³/mol. The first-order valence-corrected chi connectivity index (χ1v) is 6.37. The SMILES string of the molecule is CC(Cl)c1nn2c(C3CCC3)nnc2s1. The van der Waals surface area contributed by atoms with Crippen LogP contribution >= 0.6 is 22.9 Å². The Morgan fingerprint density at radius 3 is 2.87 bits per heavy atom. The Balaban J connectivity index is 2.07. The van der Waals surface area contributed by atoms with Gasteiger partial charge < -0.3 is 0 Å². The second-order valence-electron chi connectivity index (χ2n) is 3.94. The van der Waals surface area contributed by atoms with E-state index >= 15 is 0 Å². The molecule has 1 aliphatic carbocycles. The minimum atomic E-state index is -0.0501. The Morgan fingerprint density at radius 2 is 2.27 bits per heavy atom. The minimum absolute atomic E-state index is 0.0501. The van der Waals surface area contributed by atoms with Gasteiger partial charge in [0, 0.05) is 5.92 Å². The lowest BCUT2D eigenvalue weighted by Crippen LogP contribution is -2.13. The largest absolute Gasteiger partial charge is 0.234 e. The fraction of sp³-hybridized carbons (Fsp3) is 0.667. The molecule has 0 radical (unpaired) electrons. The fourth-order valence-corrected chi connectivity index (χ4v) is 2.68. The number of alkyl halides is 1. The number of rotatable bonds is 2. The van der Waals surface area contributed by atoms with Crippen LogP contribution in [0.25, 0.3) is 4.96 Å². The number of fused-ring (bicyclic) bond motifs is 1. The topological polar surface area (TPSA) is 43.1 Å². The molecule has 2 heterocycles. The molecule has 1 fully saturated rings. The second-order valence-corrected chi connectivity index (χ2v) is 5.58. The van der Waals surface area contributed by atoms with Crippen LogP contribution in [0.1, 0.15) is 48.3 Å². The van der Waals surface area contributed by atoms with Crippen LogP contribution in [0.2, 0.25) is 0 Å². The van der Waals surface area contributed by atoms with Crippen molar-refractivity contribution in [3.8, 4) is 0 Å². The van der Waals surface area contributed by atoms with Crippen LogP contribution in [-0.4, -0.2) is 19.8 Å². The quantitative estimate of drug-likeness (QED) is 0.761. The van der Waals surface area contributed by atoms with Crippen LogP contribution in [0.5, 0.6) is 0 Å². The third-order valence-corrected chi connectivity index (χ3v) is 4.26. The van der Waals surface area contributed by atoms with E-state index in [4.69, 9.17) is 11.6 Å². The van der Waals surface area contributed by atoms with Gasteiger partial charge >= 0.3 is 0 Å². The van der Waals surface area contributed by atoms with E-state index in [0.717, 1.165) is 15.8 Å². The normalized spacial score (nSPS) is 19.3. The Bertz CT molecular complexity index is 485. The number of hydrogen-bond donors (Lipinski definition) is 0. The van der Waals surface area contributed by atoms with Gasteiger partial charge in [-0.2, -0.15) is 9.61 Å². The predicted octanol–water partition coefficient (Wildman–Crippen LogP) is 2.75. The van der Waals surface area contributed by atoms with E-state index in [1.807, 2.05) is 11.4 Å². The summed E-state index contributed by atoms with van der Waals surface area (Å²) in [6.45, 7) is 1.93. The van der Waals surface area contributed by atoms with E-state index in [-0.39, 0.29) is 5.38 Å². The molecule has 0 aliphatic heterocycles. The summed E-state index contributed by atoms with van der Waals surface area (Å²) < 4.78 is 1.86. The fourth-order valence-electron chi connectivity index (χ4n) is 1.73. The van der Waals surface area contributed by atoms with E-state index in [2.05, 4.69) is 15.3 Å². The van der Waals surface area contributed by atoms with Gasteiger partial charge in [0.1, 0.15) is 5.01 Å². The molecular weight excluding hydrogens is 232 g/mol. The first-order chi connectivity index (χ1) is 7.25. The molecule has 0 aromatic carbocycles. The summed E-state index contributed by atoms with van der Waals surface area (Å²) in [5.41, 5.74) is 0. The zero-order valence-corrected chi connectivity index (χ0v) is 9.92. The van der Waals surface area contributed by atoms with Gasteiger partial charge in [-0.25, -0.2) is 0 Å². The molecule has 1 aliphatic rings. The molecule has 1 saturated carbocycles. The van der Waals surface area contributed by atoms with Gasteiger partial charge in [0.25, 0.3) is 0 Å². The van der Waals surface area contributed by atoms with Crippen molar-refractivity contribution >= 4 is 27.9 Å². The van der Waals surface area contributed by atoms with Gasteiger partial charge in [-0.1, -0.05) is 17.8 Å². The Hall–Kier alpha value is -0.680. The van der Waals surface area contributed by atoms with Crippen LogP contribution < -0.4 is 0 Å². The molecule has 2 aromatic rings. The van der Waals surface area contributed by atoms with Gasteiger partial charge in [0.05, 0.1) is 5.38 Å². The van der Waals surface area contributed by atoms with E-state index < -0.39 is 0 Å². The molecular formula is C9H11ClN4S. The van der Waals surface area contributed by atoms with Gasteiger partial charge in [-0.3, -0.25) is 0 Å². The number of nitrogens with zero attached hydrogens (tertiary/aromatic N) is 4. The van der Waals surface area contributed by atoms with Crippen LogP contribution in [-0.2, 0) is 0 Å². The van der Waals surface area contributed by atoms with Gasteiger partial charge in [0.2, 0.25) is 4.96 Å². The maximum Gasteiger partial charge on any atom is 0.234 e. The average molecular weight is 243 g/mol. The highest BCUT2D eigenvalue weighted by atomic mass is 35.5. The third-order valence-electron chi connectivity index (χ3n) is 2.84. The van der Waals surface area contributed by atoms with Crippen molar-refractivity contribution in [3.05, 3.63) is 10.8 Å². The lowest BCUT2D eigenvalue weighted by atomic mass is 9.85. The van der Waals surface area contributed by atoms with Crippen molar-refractivity contribution in [3.63, 3.8) is 0 Å². The molecule has 15 heavy (non-hydrogen) atoms. The Kier molecular flexibility index (Phi) is 2.17. The maximum atomic E-state index is 6.00. The smallest absolute Gasteiger partial charge is 0.187 e. The van der Waals surface area contributed by atoms with E-state index in [9.17, 15) is 0 Å². The van der Waals surface area contributed by atoms with Gasteiger partial charge in [0.15, 0.2) is 5.82 Å². The first kappa shape index (κ1) is 9.54. The maximum absolute atomic E-state index is 6.00. The summed E-state index contributed by atoms with van der Waals surface area (Å²) in [6.07, 6.45) is 3.72. The van der Waals surface area contributed by atoms with Crippen molar-refractivity contribution in [2.75, 3.05) is 0 Å². The lowest BCUT2D eigenvalue weighted by Gasteiger charge is -2.22. The van der Waals surface area contributed by atoms with E-state index in [1.165, 1.54) is 30.6 Å². The van der Waals surface area contributed by atoms with Crippen LogP contribution in [0.4, 0.5) is 0 Å². The molecule has 4 nitrogen and oxygen atoms in total. The molecule has 1 unspecified atom stereocenters.